The molecule has 1 aliphatic rings. The van der Waals surface area contributed by atoms with Gasteiger partial charge in [-0.3, -0.25) is 0 Å². The maximum absolute atomic E-state index is 5.39. The summed E-state index contributed by atoms with van der Waals surface area (Å²) in [5, 5.41) is 3.87. The fourth-order valence-corrected chi connectivity index (χ4v) is 6.21. The zero-order valence-electron chi connectivity index (χ0n) is 22.5. The Kier molecular flexibility index (Phi) is 4.96. The summed E-state index contributed by atoms with van der Waals surface area (Å²) in [6.45, 7) is 16.2. The average molecular weight is 470 g/mol. The van der Waals surface area contributed by atoms with Crippen LogP contribution in [0.1, 0.15) is 76.6 Å². The van der Waals surface area contributed by atoms with Crippen molar-refractivity contribution >= 4 is 21.7 Å². The summed E-state index contributed by atoms with van der Waals surface area (Å²) in [5.74, 6) is 0.479. The molecule has 6 rings (SSSR count). The Labute approximate surface area is 215 Å². The lowest BCUT2D eigenvalue weighted by Crippen LogP contribution is -2.16. The lowest BCUT2D eigenvalue weighted by atomic mass is 9.79. The van der Waals surface area contributed by atoms with Crippen LogP contribution in [0.3, 0.4) is 0 Å². The Balaban J connectivity index is 1.77. The predicted molar refractivity (Wildman–Crippen MR) is 155 cm³/mol. The van der Waals surface area contributed by atoms with Gasteiger partial charge >= 0.3 is 0 Å². The van der Waals surface area contributed by atoms with E-state index in [1.807, 2.05) is 0 Å². The van der Waals surface area contributed by atoms with Gasteiger partial charge in [-0.05, 0) is 68.1 Å². The van der Waals surface area contributed by atoms with Gasteiger partial charge < -0.3 is 0 Å². The molecule has 0 N–H and O–H groups in total. The van der Waals surface area contributed by atoms with E-state index < -0.39 is 0 Å². The van der Waals surface area contributed by atoms with E-state index in [0.29, 0.717) is 5.92 Å². The Bertz CT molecular complexity index is 1660. The van der Waals surface area contributed by atoms with E-state index in [1.54, 1.807) is 0 Å². The van der Waals surface area contributed by atoms with Gasteiger partial charge in [0.25, 0.3) is 0 Å². The first-order valence-electron chi connectivity index (χ1n) is 13.2. The van der Waals surface area contributed by atoms with Crippen LogP contribution >= 0.6 is 0 Å². The van der Waals surface area contributed by atoms with E-state index in [9.17, 15) is 0 Å². The first kappa shape index (κ1) is 23.0. The summed E-state index contributed by atoms with van der Waals surface area (Å²) in [6, 6.07) is 29.3. The normalized spacial score (nSPS) is 14.4. The molecule has 0 saturated heterocycles. The van der Waals surface area contributed by atoms with Crippen LogP contribution in [0.15, 0.2) is 78.9 Å². The second kappa shape index (κ2) is 7.77. The van der Waals surface area contributed by atoms with Gasteiger partial charge in [-0.2, -0.15) is 0 Å². The highest BCUT2D eigenvalue weighted by molar-refractivity contribution is 6.03. The predicted octanol–water partition coefficient (Wildman–Crippen LogP) is 9.78. The highest BCUT2D eigenvalue weighted by Crippen LogP contribution is 2.54. The fraction of sp³-hybridized carbons (Fsp3) is 0.286. The molecule has 0 fully saturated rings. The van der Waals surface area contributed by atoms with Crippen LogP contribution in [0.4, 0.5) is 0 Å². The summed E-state index contributed by atoms with van der Waals surface area (Å²) in [4.78, 5) is 5.39. The molecule has 1 nitrogen and oxygen atoms in total. The maximum Gasteiger partial charge on any atom is 0.0791 e. The van der Waals surface area contributed by atoms with Crippen LogP contribution in [-0.2, 0) is 10.8 Å². The van der Waals surface area contributed by atoms with E-state index in [4.69, 9.17) is 4.98 Å². The minimum atomic E-state index is -0.0961. The highest BCUT2D eigenvalue weighted by Gasteiger charge is 2.39. The van der Waals surface area contributed by atoms with Crippen molar-refractivity contribution in [1.82, 2.24) is 4.98 Å². The minimum Gasteiger partial charge on any atom is -0.247 e. The number of hydrogen-bond donors (Lipinski definition) is 0. The van der Waals surface area contributed by atoms with Crippen molar-refractivity contribution in [2.75, 3.05) is 0 Å². The zero-order chi connectivity index (χ0) is 25.4. The quantitative estimate of drug-likeness (QED) is 0.251. The van der Waals surface area contributed by atoms with E-state index in [1.165, 1.54) is 55.1 Å². The van der Waals surface area contributed by atoms with E-state index in [0.717, 1.165) is 11.2 Å². The van der Waals surface area contributed by atoms with Crippen molar-refractivity contribution in [2.45, 2.75) is 65.2 Å². The monoisotopic (exact) mass is 469 g/mol. The van der Waals surface area contributed by atoms with E-state index in [-0.39, 0.29) is 10.8 Å². The molecule has 1 heterocycles. The number of rotatable bonds is 2. The molecule has 0 bridgehead atoms. The third-order valence-corrected chi connectivity index (χ3v) is 8.11. The molecule has 180 valence electrons. The molecule has 0 spiro atoms. The van der Waals surface area contributed by atoms with Crippen molar-refractivity contribution in [3.63, 3.8) is 0 Å². The molecule has 36 heavy (non-hydrogen) atoms. The van der Waals surface area contributed by atoms with Gasteiger partial charge in [-0.15, -0.1) is 0 Å². The first-order chi connectivity index (χ1) is 17.1. The molecule has 0 aliphatic heterocycles. The van der Waals surface area contributed by atoms with Crippen molar-refractivity contribution in [3.05, 3.63) is 101 Å². The lowest BCUT2D eigenvalue weighted by molar-refractivity contribution is 0.596. The second-order valence-electron chi connectivity index (χ2n) is 12.3. The van der Waals surface area contributed by atoms with Gasteiger partial charge in [-0.1, -0.05) is 109 Å². The molecular weight excluding hydrogens is 434 g/mol. The number of pyridine rings is 1. The van der Waals surface area contributed by atoms with Gasteiger partial charge in [0.2, 0.25) is 0 Å². The molecular formula is C35H35N. The molecule has 0 radical (unpaired) electrons. The standard InChI is InChI=1S/C35H35N/c1-21(2)22-16-17-28-27(19-22)31-32(35(28,6)7)26-14-10-11-15-30(26)36-33(31)24-18-23-12-8-9-13-25(23)29(20-24)34(3,4)5/h8-21H,1-7H3. The Morgan fingerprint density at radius 1 is 0.778 bits per heavy atom. The molecule has 0 saturated carbocycles. The van der Waals surface area contributed by atoms with E-state index >= 15 is 0 Å². The number of fused-ring (bicyclic) bond motifs is 6. The Hall–Kier alpha value is -3.45. The molecule has 5 aromatic rings. The van der Waals surface area contributed by atoms with Crippen molar-refractivity contribution in [2.24, 2.45) is 0 Å². The van der Waals surface area contributed by atoms with Crippen molar-refractivity contribution in [1.29, 1.82) is 0 Å². The highest BCUT2D eigenvalue weighted by atomic mass is 14.7. The molecule has 1 aliphatic carbocycles. The second-order valence-corrected chi connectivity index (χ2v) is 12.3. The fourth-order valence-electron chi connectivity index (χ4n) is 6.21. The minimum absolute atomic E-state index is 0.0254. The van der Waals surface area contributed by atoms with Crippen LogP contribution in [0, 0.1) is 0 Å². The summed E-state index contributed by atoms with van der Waals surface area (Å²) < 4.78 is 0. The molecule has 0 amide bonds. The smallest absolute Gasteiger partial charge is 0.0791 e. The lowest BCUT2D eigenvalue weighted by Gasteiger charge is -2.25. The number of aromatic nitrogens is 1. The first-order valence-corrected chi connectivity index (χ1v) is 13.2. The summed E-state index contributed by atoms with van der Waals surface area (Å²) in [7, 11) is 0. The molecule has 4 aromatic carbocycles. The molecule has 1 heteroatoms. The van der Waals surface area contributed by atoms with E-state index in [2.05, 4.69) is 127 Å². The van der Waals surface area contributed by atoms with Crippen LogP contribution in [-0.4, -0.2) is 4.98 Å². The topological polar surface area (TPSA) is 12.9 Å². The van der Waals surface area contributed by atoms with Gasteiger partial charge in [0.15, 0.2) is 0 Å². The number of para-hydroxylation sites is 1. The Morgan fingerprint density at radius 3 is 2.19 bits per heavy atom. The van der Waals surface area contributed by atoms with Crippen LogP contribution in [0.25, 0.3) is 44.1 Å². The van der Waals surface area contributed by atoms with Crippen LogP contribution in [0.2, 0.25) is 0 Å². The number of benzene rings is 4. The van der Waals surface area contributed by atoms with Crippen molar-refractivity contribution in [3.8, 4) is 22.4 Å². The van der Waals surface area contributed by atoms with Crippen molar-refractivity contribution < 1.29 is 0 Å². The summed E-state index contributed by atoms with van der Waals surface area (Å²) in [6.07, 6.45) is 0. The maximum atomic E-state index is 5.39. The number of nitrogens with zero attached hydrogens (tertiary/aromatic N) is 1. The van der Waals surface area contributed by atoms with Crippen LogP contribution in [0.5, 0.6) is 0 Å². The third kappa shape index (κ3) is 3.33. The average Bonchev–Trinajstić information content (AvgIpc) is 3.09. The molecule has 1 aromatic heterocycles. The largest absolute Gasteiger partial charge is 0.247 e. The Morgan fingerprint density at radius 2 is 1.47 bits per heavy atom. The molecule has 0 atom stereocenters. The van der Waals surface area contributed by atoms with Gasteiger partial charge in [0, 0.05) is 21.9 Å². The zero-order valence-corrected chi connectivity index (χ0v) is 22.5. The van der Waals surface area contributed by atoms with Gasteiger partial charge in [0.05, 0.1) is 11.2 Å². The van der Waals surface area contributed by atoms with Crippen LogP contribution < -0.4 is 0 Å². The molecule has 0 unspecified atom stereocenters. The third-order valence-electron chi connectivity index (χ3n) is 8.11. The SMILES string of the molecule is CC(C)c1ccc2c(c1)-c1c(-c3cc(C(C)(C)C)c4ccccc4c3)nc3ccccc3c1C2(C)C. The summed E-state index contributed by atoms with van der Waals surface area (Å²) in [5.41, 5.74) is 11.5. The number of hydrogen-bond acceptors (Lipinski definition) is 1. The van der Waals surface area contributed by atoms with Gasteiger partial charge in [0.1, 0.15) is 0 Å². The van der Waals surface area contributed by atoms with Gasteiger partial charge in [-0.25, -0.2) is 4.98 Å². The summed E-state index contributed by atoms with van der Waals surface area (Å²) >= 11 is 0.